The molecule has 128 valence electrons. The molecule has 0 fully saturated rings. The number of thiophene rings is 1. The number of hydrogen-bond donors (Lipinski definition) is 1. The van der Waals surface area contributed by atoms with Crippen LogP contribution in [0.5, 0.6) is 11.5 Å². The number of ether oxygens (including phenoxy) is 2. The van der Waals surface area contributed by atoms with Crippen molar-refractivity contribution in [3.8, 4) is 11.5 Å². The summed E-state index contributed by atoms with van der Waals surface area (Å²) in [5, 5.41) is 5.46. The van der Waals surface area contributed by atoms with Crippen LogP contribution in [-0.4, -0.2) is 30.4 Å². The lowest BCUT2D eigenvalue weighted by molar-refractivity contribution is 0.355. The Labute approximate surface area is 149 Å². The van der Waals surface area contributed by atoms with Gasteiger partial charge in [0.25, 0.3) is 0 Å². The quantitative estimate of drug-likeness (QED) is 0.559. The number of aromatic nitrogens is 2. The predicted molar refractivity (Wildman–Crippen MR) is 100 cm³/mol. The molecule has 2 aromatic heterocycles. The average molecular weight is 354 g/mol. The van der Waals surface area contributed by atoms with Gasteiger partial charge in [0.2, 0.25) is 0 Å². The van der Waals surface area contributed by atoms with Crippen LogP contribution in [0.4, 0.5) is 5.82 Å². The minimum Gasteiger partial charge on any atom is -0.493 e. The normalized spacial score (nSPS) is 13.4. The summed E-state index contributed by atoms with van der Waals surface area (Å²) in [6.07, 6.45) is 6.77. The summed E-state index contributed by atoms with van der Waals surface area (Å²) >= 11 is 1.77. The van der Waals surface area contributed by atoms with Crippen molar-refractivity contribution in [3.63, 3.8) is 0 Å². The van der Waals surface area contributed by atoms with Gasteiger partial charge in [-0.2, -0.15) is 5.10 Å². The average Bonchev–Trinajstić information content (AvgIpc) is 3.22. The topological polar surface area (TPSA) is 68.6 Å². The largest absolute Gasteiger partial charge is 0.493 e. The monoisotopic (exact) mass is 354 g/mol. The third-order valence-corrected chi connectivity index (χ3v) is 5.49. The number of hydrazone groups is 1. The van der Waals surface area contributed by atoms with E-state index < -0.39 is 0 Å². The van der Waals surface area contributed by atoms with Gasteiger partial charge in [0.15, 0.2) is 17.3 Å². The van der Waals surface area contributed by atoms with Crippen LogP contribution in [0.25, 0.3) is 10.2 Å². The van der Waals surface area contributed by atoms with Gasteiger partial charge in [-0.25, -0.2) is 9.97 Å². The summed E-state index contributed by atoms with van der Waals surface area (Å²) in [6, 6.07) is 5.65. The number of aryl methyl sites for hydroxylation is 2. The first kappa shape index (κ1) is 15.8. The van der Waals surface area contributed by atoms with Crippen LogP contribution in [0.1, 0.15) is 22.4 Å². The van der Waals surface area contributed by atoms with Crippen molar-refractivity contribution in [1.82, 2.24) is 9.97 Å². The summed E-state index contributed by atoms with van der Waals surface area (Å²) < 4.78 is 10.6. The van der Waals surface area contributed by atoms with Crippen molar-refractivity contribution in [2.45, 2.75) is 19.3 Å². The van der Waals surface area contributed by atoms with Gasteiger partial charge in [-0.1, -0.05) is 0 Å². The van der Waals surface area contributed by atoms with Gasteiger partial charge in [-0.05, 0) is 48.6 Å². The molecule has 1 aliphatic rings. The Morgan fingerprint density at radius 3 is 2.88 bits per heavy atom. The highest BCUT2D eigenvalue weighted by atomic mass is 32.1. The molecule has 4 rings (SSSR count). The Balaban J connectivity index is 1.59. The van der Waals surface area contributed by atoms with Gasteiger partial charge < -0.3 is 9.47 Å². The summed E-state index contributed by atoms with van der Waals surface area (Å²) in [4.78, 5) is 11.2. The van der Waals surface area contributed by atoms with E-state index in [0.717, 1.165) is 34.4 Å². The van der Waals surface area contributed by atoms with Crippen LogP contribution < -0.4 is 14.9 Å². The van der Waals surface area contributed by atoms with E-state index >= 15 is 0 Å². The number of nitrogens with one attached hydrogen (secondary N) is 1. The second-order valence-corrected chi connectivity index (χ2v) is 6.83. The van der Waals surface area contributed by atoms with Crippen LogP contribution in [0.15, 0.2) is 29.6 Å². The van der Waals surface area contributed by atoms with Gasteiger partial charge in [0, 0.05) is 4.88 Å². The lowest BCUT2D eigenvalue weighted by Gasteiger charge is -2.07. The Hall–Kier alpha value is -2.67. The molecule has 1 aliphatic carbocycles. The summed E-state index contributed by atoms with van der Waals surface area (Å²) in [5.41, 5.74) is 5.36. The van der Waals surface area contributed by atoms with E-state index in [1.165, 1.54) is 16.9 Å². The minimum absolute atomic E-state index is 0.673. The fraction of sp³-hybridized carbons (Fsp3) is 0.278. The second kappa shape index (κ2) is 6.68. The zero-order chi connectivity index (χ0) is 17.2. The van der Waals surface area contributed by atoms with Crippen LogP contribution in [0, 0.1) is 0 Å². The van der Waals surface area contributed by atoms with Crippen molar-refractivity contribution in [3.05, 3.63) is 40.5 Å². The first-order valence-corrected chi connectivity index (χ1v) is 8.88. The van der Waals surface area contributed by atoms with E-state index in [0.29, 0.717) is 11.5 Å². The molecule has 6 nitrogen and oxygen atoms in total. The molecule has 0 bridgehead atoms. The maximum absolute atomic E-state index is 5.31. The Morgan fingerprint density at radius 2 is 2.04 bits per heavy atom. The summed E-state index contributed by atoms with van der Waals surface area (Å²) in [5.74, 6) is 2.13. The molecule has 0 saturated heterocycles. The van der Waals surface area contributed by atoms with Crippen molar-refractivity contribution in [2.24, 2.45) is 5.10 Å². The van der Waals surface area contributed by atoms with Gasteiger partial charge >= 0.3 is 0 Å². The van der Waals surface area contributed by atoms with Crippen LogP contribution in [-0.2, 0) is 12.8 Å². The van der Waals surface area contributed by atoms with E-state index in [4.69, 9.17) is 9.47 Å². The van der Waals surface area contributed by atoms with E-state index in [2.05, 4.69) is 20.5 Å². The van der Waals surface area contributed by atoms with E-state index in [1.54, 1.807) is 38.1 Å². The Bertz CT molecular complexity index is 952. The Morgan fingerprint density at radius 1 is 1.16 bits per heavy atom. The smallest absolute Gasteiger partial charge is 0.161 e. The maximum Gasteiger partial charge on any atom is 0.161 e. The molecule has 0 aliphatic heterocycles. The lowest BCUT2D eigenvalue weighted by atomic mass is 10.2. The van der Waals surface area contributed by atoms with Gasteiger partial charge in [0.1, 0.15) is 11.2 Å². The number of nitrogens with zero attached hydrogens (tertiary/aromatic N) is 3. The van der Waals surface area contributed by atoms with Gasteiger partial charge in [-0.15, -0.1) is 11.3 Å². The van der Waals surface area contributed by atoms with Gasteiger partial charge in [-0.3, -0.25) is 5.43 Å². The molecule has 1 N–H and O–H groups in total. The number of fused-ring (bicyclic) bond motifs is 3. The molecular weight excluding hydrogens is 336 g/mol. The van der Waals surface area contributed by atoms with Crippen molar-refractivity contribution >= 4 is 33.6 Å². The molecule has 0 saturated carbocycles. The highest BCUT2D eigenvalue weighted by molar-refractivity contribution is 7.19. The molecule has 0 spiro atoms. The predicted octanol–water partition coefficient (Wildman–Crippen LogP) is 3.64. The third kappa shape index (κ3) is 2.91. The van der Waals surface area contributed by atoms with Crippen molar-refractivity contribution in [2.75, 3.05) is 19.6 Å². The van der Waals surface area contributed by atoms with Crippen molar-refractivity contribution in [1.29, 1.82) is 0 Å². The van der Waals surface area contributed by atoms with Gasteiger partial charge in [0.05, 0.1) is 25.8 Å². The lowest BCUT2D eigenvalue weighted by Crippen LogP contribution is -1.97. The number of methoxy groups -OCH3 is 2. The third-order valence-electron chi connectivity index (χ3n) is 4.29. The molecule has 2 heterocycles. The van der Waals surface area contributed by atoms with Crippen molar-refractivity contribution < 1.29 is 9.47 Å². The molecule has 0 amide bonds. The molecule has 7 heteroatoms. The molecule has 0 radical (unpaired) electrons. The molecular formula is C18H18N4O2S. The molecule has 0 atom stereocenters. The fourth-order valence-corrected chi connectivity index (χ4v) is 4.34. The van der Waals surface area contributed by atoms with Crippen LogP contribution >= 0.6 is 11.3 Å². The number of anilines is 1. The second-order valence-electron chi connectivity index (χ2n) is 5.74. The van der Waals surface area contributed by atoms with Crippen LogP contribution in [0.2, 0.25) is 0 Å². The number of hydrogen-bond acceptors (Lipinski definition) is 7. The highest BCUT2D eigenvalue weighted by Gasteiger charge is 2.20. The SMILES string of the molecule is COc1ccc(/C=N/Nc2ncnc3sc4c(c23)CCC4)cc1OC. The van der Waals surface area contributed by atoms with E-state index in [1.807, 2.05) is 18.2 Å². The fourth-order valence-electron chi connectivity index (χ4n) is 3.11. The number of rotatable bonds is 5. The minimum atomic E-state index is 0.673. The molecule has 25 heavy (non-hydrogen) atoms. The maximum atomic E-state index is 5.31. The zero-order valence-electron chi connectivity index (χ0n) is 14.1. The summed E-state index contributed by atoms with van der Waals surface area (Å²) in [6.45, 7) is 0. The van der Waals surface area contributed by atoms with E-state index in [9.17, 15) is 0 Å². The molecule has 3 aromatic rings. The molecule has 0 unspecified atom stereocenters. The zero-order valence-corrected chi connectivity index (χ0v) is 14.9. The molecule has 1 aromatic carbocycles. The first-order chi connectivity index (χ1) is 12.3. The Kier molecular flexibility index (Phi) is 4.23. The number of benzene rings is 1. The van der Waals surface area contributed by atoms with Crippen LogP contribution in [0.3, 0.4) is 0 Å². The standard InChI is InChI=1S/C18H18N4O2S/c1-23-13-7-6-11(8-14(13)24-2)9-21-22-17-16-12-4-3-5-15(12)25-18(16)20-10-19-17/h6-10H,3-5H2,1-2H3,(H,19,20,22)/b21-9+. The summed E-state index contributed by atoms with van der Waals surface area (Å²) in [7, 11) is 3.23. The first-order valence-electron chi connectivity index (χ1n) is 8.06. The van der Waals surface area contributed by atoms with E-state index in [-0.39, 0.29) is 0 Å². The highest BCUT2D eigenvalue weighted by Crippen LogP contribution is 2.39.